The number of ether oxygens (including phenoxy) is 2. The van der Waals surface area contributed by atoms with Gasteiger partial charge in [0.15, 0.2) is 18.1 Å². The van der Waals surface area contributed by atoms with Gasteiger partial charge in [-0.25, -0.2) is 8.42 Å². The van der Waals surface area contributed by atoms with Crippen molar-refractivity contribution in [3.05, 3.63) is 54.1 Å². The van der Waals surface area contributed by atoms with E-state index < -0.39 is 15.9 Å². The van der Waals surface area contributed by atoms with Crippen LogP contribution in [0.2, 0.25) is 0 Å². The van der Waals surface area contributed by atoms with E-state index in [-0.39, 0.29) is 11.5 Å². The van der Waals surface area contributed by atoms with E-state index in [1.165, 1.54) is 17.5 Å². The SMILES string of the molecule is CC=Cc1ccc(OCC(=O)Nc2cccc(S(=O)(=O)N3CCCCC3)c2)c(OC)c1. The molecule has 1 heterocycles. The summed E-state index contributed by atoms with van der Waals surface area (Å²) >= 11 is 0. The molecular weight excluding hydrogens is 416 g/mol. The average Bonchev–Trinajstić information content (AvgIpc) is 2.79. The Kier molecular flexibility index (Phi) is 7.70. The molecule has 1 saturated heterocycles. The standard InChI is InChI=1S/C23H28N2O5S/c1-3-8-18-11-12-21(22(15-18)29-2)30-17-23(26)24-19-9-7-10-20(16-19)31(27,28)25-13-5-4-6-14-25/h3,7-12,15-16H,4-6,13-14,17H2,1-2H3,(H,24,26). The normalized spacial score (nSPS) is 15.0. The van der Waals surface area contributed by atoms with Crippen molar-refractivity contribution in [2.75, 3.05) is 32.1 Å². The van der Waals surface area contributed by atoms with E-state index in [0.29, 0.717) is 30.3 Å². The fourth-order valence-electron chi connectivity index (χ4n) is 3.43. The second-order valence-electron chi connectivity index (χ2n) is 7.24. The molecule has 0 aromatic heterocycles. The number of benzene rings is 2. The number of amides is 1. The smallest absolute Gasteiger partial charge is 0.262 e. The lowest BCUT2D eigenvalue weighted by Gasteiger charge is -2.26. The molecule has 0 atom stereocenters. The van der Waals surface area contributed by atoms with Crippen LogP contribution in [0.5, 0.6) is 11.5 Å². The number of anilines is 1. The molecule has 31 heavy (non-hydrogen) atoms. The van der Waals surface area contributed by atoms with Crippen LogP contribution < -0.4 is 14.8 Å². The number of rotatable bonds is 8. The summed E-state index contributed by atoms with van der Waals surface area (Å²) in [4.78, 5) is 12.5. The summed E-state index contributed by atoms with van der Waals surface area (Å²) in [5.74, 6) is 0.581. The van der Waals surface area contributed by atoms with Gasteiger partial charge in [0.05, 0.1) is 12.0 Å². The van der Waals surface area contributed by atoms with Gasteiger partial charge in [-0.05, 0) is 55.7 Å². The summed E-state index contributed by atoms with van der Waals surface area (Å²) in [5, 5.41) is 2.70. The monoisotopic (exact) mass is 444 g/mol. The highest BCUT2D eigenvalue weighted by atomic mass is 32.2. The molecular formula is C23H28N2O5S. The van der Waals surface area contributed by atoms with Crippen LogP contribution in [0.15, 0.2) is 53.4 Å². The molecule has 8 heteroatoms. The molecule has 1 amide bonds. The maximum atomic E-state index is 12.9. The predicted molar refractivity (Wildman–Crippen MR) is 121 cm³/mol. The van der Waals surface area contributed by atoms with Crippen molar-refractivity contribution in [1.82, 2.24) is 4.31 Å². The third kappa shape index (κ3) is 5.86. The van der Waals surface area contributed by atoms with Crippen LogP contribution >= 0.6 is 0 Å². The highest BCUT2D eigenvalue weighted by Gasteiger charge is 2.26. The summed E-state index contributed by atoms with van der Waals surface area (Å²) in [6.07, 6.45) is 6.63. The summed E-state index contributed by atoms with van der Waals surface area (Å²) in [6, 6.07) is 11.7. The summed E-state index contributed by atoms with van der Waals surface area (Å²) in [7, 11) is -2.03. The molecule has 1 aliphatic heterocycles. The Hall–Kier alpha value is -2.84. The minimum absolute atomic E-state index is 0.175. The molecule has 0 bridgehead atoms. The lowest BCUT2D eigenvalue weighted by molar-refractivity contribution is -0.118. The highest BCUT2D eigenvalue weighted by Crippen LogP contribution is 2.28. The van der Waals surface area contributed by atoms with Gasteiger partial charge in [0.1, 0.15) is 0 Å². The number of nitrogens with zero attached hydrogens (tertiary/aromatic N) is 1. The Morgan fingerprint density at radius 1 is 1.10 bits per heavy atom. The summed E-state index contributed by atoms with van der Waals surface area (Å²) in [6.45, 7) is 2.75. The first kappa shape index (κ1) is 22.8. The van der Waals surface area contributed by atoms with Crippen LogP contribution in [-0.2, 0) is 14.8 Å². The molecule has 0 saturated carbocycles. The molecule has 2 aromatic carbocycles. The van der Waals surface area contributed by atoms with Crippen molar-refractivity contribution in [2.45, 2.75) is 31.1 Å². The average molecular weight is 445 g/mol. The summed E-state index contributed by atoms with van der Waals surface area (Å²) in [5.41, 5.74) is 1.37. The van der Waals surface area contributed by atoms with Crippen molar-refractivity contribution >= 4 is 27.7 Å². The molecule has 1 fully saturated rings. The Bertz CT molecular complexity index is 1040. The minimum atomic E-state index is -3.56. The fourth-order valence-corrected chi connectivity index (χ4v) is 4.99. The molecule has 0 spiro atoms. The van der Waals surface area contributed by atoms with E-state index in [2.05, 4.69) is 5.32 Å². The largest absolute Gasteiger partial charge is 0.493 e. The van der Waals surface area contributed by atoms with Gasteiger partial charge in [0.2, 0.25) is 10.0 Å². The van der Waals surface area contributed by atoms with Crippen LogP contribution in [0.3, 0.4) is 0 Å². The first-order chi connectivity index (χ1) is 14.9. The zero-order valence-corrected chi connectivity index (χ0v) is 18.7. The first-order valence-electron chi connectivity index (χ1n) is 10.3. The third-order valence-corrected chi connectivity index (χ3v) is 6.87. The molecule has 1 N–H and O–H groups in total. The van der Waals surface area contributed by atoms with E-state index in [1.54, 1.807) is 24.3 Å². The molecule has 0 radical (unpaired) electrons. The molecule has 0 aliphatic carbocycles. The number of nitrogens with one attached hydrogen (secondary N) is 1. The van der Waals surface area contributed by atoms with Crippen molar-refractivity contribution in [1.29, 1.82) is 0 Å². The van der Waals surface area contributed by atoms with Crippen molar-refractivity contribution in [3.63, 3.8) is 0 Å². The number of sulfonamides is 1. The number of carbonyl (C=O) groups excluding carboxylic acids is 1. The third-order valence-electron chi connectivity index (χ3n) is 4.98. The van der Waals surface area contributed by atoms with E-state index in [4.69, 9.17) is 9.47 Å². The highest BCUT2D eigenvalue weighted by molar-refractivity contribution is 7.89. The van der Waals surface area contributed by atoms with Crippen LogP contribution in [-0.4, -0.2) is 45.4 Å². The second kappa shape index (κ2) is 10.5. The fraction of sp³-hybridized carbons (Fsp3) is 0.348. The number of methoxy groups -OCH3 is 1. The molecule has 7 nitrogen and oxygen atoms in total. The second-order valence-corrected chi connectivity index (χ2v) is 9.18. The van der Waals surface area contributed by atoms with Gasteiger partial charge in [0, 0.05) is 18.8 Å². The van der Waals surface area contributed by atoms with Gasteiger partial charge < -0.3 is 14.8 Å². The van der Waals surface area contributed by atoms with Gasteiger partial charge in [-0.3, -0.25) is 4.79 Å². The number of hydrogen-bond donors (Lipinski definition) is 1. The molecule has 2 aromatic rings. The molecule has 1 aliphatic rings. The Labute approximate surface area is 183 Å². The predicted octanol–water partition coefficient (Wildman–Crippen LogP) is 3.92. The molecule has 0 unspecified atom stereocenters. The maximum absolute atomic E-state index is 12.9. The van der Waals surface area contributed by atoms with Crippen molar-refractivity contribution in [3.8, 4) is 11.5 Å². The van der Waals surface area contributed by atoms with E-state index >= 15 is 0 Å². The zero-order chi connectivity index (χ0) is 22.3. The van der Waals surface area contributed by atoms with Crippen molar-refractivity contribution in [2.24, 2.45) is 0 Å². The number of piperidine rings is 1. The van der Waals surface area contributed by atoms with Gasteiger partial charge in [-0.1, -0.05) is 30.7 Å². The van der Waals surface area contributed by atoms with Gasteiger partial charge in [-0.15, -0.1) is 0 Å². The lowest BCUT2D eigenvalue weighted by atomic mass is 10.2. The van der Waals surface area contributed by atoms with Gasteiger partial charge in [-0.2, -0.15) is 4.31 Å². The number of carbonyl (C=O) groups is 1. The van der Waals surface area contributed by atoms with Crippen molar-refractivity contribution < 1.29 is 22.7 Å². The molecule has 3 rings (SSSR count). The Morgan fingerprint density at radius 2 is 1.87 bits per heavy atom. The van der Waals surface area contributed by atoms with Crippen LogP contribution in [0.25, 0.3) is 6.08 Å². The van der Waals surface area contributed by atoms with Crippen LogP contribution in [0.1, 0.15) is 31.7 Å². The van der Waals surface area contributed by atoms with E-state index in [9.17, 15) is 13.2 Å². The Balaban J connectivity index is 1.64. The topological polar surface area (TPSA) is 84.9 Å². The first-order valence-corrected chi connectivity index (χ1v) is 11.7. The van der Waals surface area contributed by atoms with Crippen LogP contribution in [0, 0.1) is 0 Å². The van der Waals surface area contributed by atoms with Crippen LogP contribution in [0.4, 0.5) is 5.69 Å². The zero-order valence-electron chi connectivity index (χ0n) is 17.8. The van der Waals surface area contributed by atoms with E-state index in [0.717, 1.165) is 24.8 Å². The lowest BCUT2D eigenvalue weighted by Crippen LogP contribution is -2.35. The number of allylic oxidation sites excluding steroid dienone is 1. The summed E-state index contributed by atoms with van der Waals surface area (Å²) < 4.78 is 38.1. The quantitative estimate of drug-likeness (QED) is 0.667. The number of hydrogen-bond acceptors (Lipinski definition) is 5. The van der Waals surface area contributed by atoms with Gasteiger partial charge >= 0.3 is 0 Å². The van der Waals surface area contributed by atoms with Gasteiger partial charge in [0.25, 0.3) is 5.91 Å². The molecule has 166 valence electrons. The maximum Gasteiger partial charge on any atom is 0.262 e. The minimum Gasteiger partial charge on any atom is -0.493 e. The van der Waals surface area contributed by atoms with E-state index in [1.807, 2.05) is 31.2 Å². The Morgan fingerprint density at radius 3 is 2.58 bits per heavy atom.